The second-order valence-corrected chi connectivity index (χ2v) is 3.40. The van der Waals surface area contributed by atoms with Crippen molar-refractivity contribution in [3.63, 3.8) is 0 Å². The molecule has 0 aliphatic heterocycles. The zero-order chi connectivity index (χ0) is 10.7. The van der Waals surface area contributed by atoms with E-state index in [4.69, 9.17) is 20.4 Å². The molecule has 0 spiro atoms. The van der Waals surface area contributed by atoms with Crippen molar-refractivity contribution < 1.29 is 8.83 Å². The molecule has 0 unspecified atom stereocenters. The van der Waals surface area contributed by atoms with Crippen molar-refractivity contribution in [1.82, 2.24) is 10.3 Å². The molecule has 0 saturated carbocycles. The Balaban J connectivity index is 2.13. The Labute approximate surface area is 92.2 Å². The van der Waals surface area contributed by atoms with Crippen LogP contribution in [0, 0.1) is 0 Å². The highest BCUT2D eigenvalue weighted by molar-refractivity contribution is 6.28. The molecule has 2 rings (SSSR count). The van der Waals surface area contributed by atoms with Crippen molar-refractivity contribution in [2.24, 2.45) is 0 Å². The predicted octanol–water partition coefficient (Wildman–Crippen LogP) is 2.70. The van der Waals surface area contributed by atoms with E-state index >= 15 is 0 Å². The molecule has 5 heteroatoms. The summed E-state index contributed by atoms with van der Waals surface area (Å²) in [5.74, 6) is 0.998. The molecule has 0 aromatic carbocycles. The first-order valence-electron chi connectivity index (χ1n) is 4.70. The number of furan rings is 1. The molecule has 2 aromatic rings. The molecule has 0 fully saturated rings. The van der Waals surface area contributed by atoms with E-state index in [-0.39, 0.29) is 0 Å². The average Bonchev–Trinajstić information content (AvgIpc) is 2.83. The summed E-state index contributed by atoms with van der Waals surface area (Å²) < 4.78 is 10.4. The zero-order valence-electron chi connectivity index (χ0n) is 8.29. The maximum Gasteiger partial charge on any atom is 0.263 e. The van der Waals surface area contributed by atoms with Crippen LogP contribution in [0.1, 0.15) is 12.6 Å². The topological polar surface area (TPSA) is 51.2 Å². The van der Waals surface area contributed by atoms with Crippen LogP contribution >= 0.6 is 11.6 Å². The fourth-order valence-electron chi connectivity index (χ4n) is 1.18. The molecular formula is C10H11ClN2O2. The highest BCUT2D eigenvalue weighted by atomic mass is 35.5. The standard InChI is InChI=1S/C10H11ClN2O2/c1-2-12-5-7-6-14-10(13-7)8-3-4-9(11)15-8/h3-4,6,12H,2,5H2,1H3. The van der Waals surface area contributed by atoms with Crippen LogP contribution < -0.4 is 5.32 Å². The number of nitrogens with one attached hydrogen (secondary N) is 1. The second kappa shape index (κ2) is 4.51. The van der Waals surface area contributed by atoms with E-state index in [1.165, 1.54) is 0 Å². The molecule has 0 radical (unpaired) electrons. The number of hydrogen-bond donors (Lipinski definition) is 1. The molecule has 15 heavy (non-hydrogen) atoms. The Morgan fingerprint density at radius 1 is 1.47 bits per heavy atom. The second-order valence-electron chi connectivity index (χ2n) is 3.03. The summed E-state index contributed by atoms with van der Waals surface area (Å²) in [6, 6.07) is 3.39. The lowest BCUT2D eigenvalue weighted by Gasteiger charge is -1.93. The minimum Gasteiger partial charge on any atom is -0.442 e. The van der Waals surface area contributed by atoms with Gasteiger partial charge in [0.15, 0.2) is 11.0 Å². The summed E-state index contributed by atoms with van der Waals surface area (Å²) in [7, 11) is 0. The summed E-state index contributed by atoms with van der Waals surface area (Å²) in [5.41, 5.74) is 0.847. The first-order chi connectivity index (χ1) is 7.29. The molecule has 0 bridgehead atoms. The number of halogens is 1. The first-order valence-corrected chi connectivity index (χ1v) is 5.08. The van der Waals surface area contributed by atoms with Crippen LogP contribution in [0.4, 0.5) is 0 Å². The number of aromatic nitrogens is 1. The largest absolute Gasteiger partial charge is 0.442 e. The Hall–Kier alpha value is -1.26. The van der Waals surface area contributed by atoms with Gasteiger partial charge in [-0.25, -0.2) is 4.98 Å². The number of hydrogen-bond acceptors (Lipinski definition) is 4. The van der Waals surface area contributed by atoms with Gasteiger partial charge in [0, 0.05) is 6.54 Å². The maximum atomic E-state index is 5.65. The summed E-state index contributed by atoms with van der Waals surface area (Å²) in [6.07, 6.45) is 1.61. The van der Waals surface area contributed by atoms with Crippen LogP contribution in [0.25, 0.3) is 11.7 Å². The van der Waals surface area contributed by atoms with Crippen molar-refractivity contribution in [2.75, 3.05) is 6.54 Å². The average molecular weight is 227 g/mol. The van der Waals surface area contributed by atoms with Crippen molar-refractivity contribution in [3.05, 3.63) is 29.3 Å². The van der Waals surface area contributed by atoms with Crippen LogP contribution in [-0.4, -0.2) is 11.5 Å². The molecule has 0 saturated heterocycles. The minimum absolute atomic E-state index is 0.330. The molecule has 0 aliphatic rings. The summed E-state index contributed by atoms with van der Waals surface area (Å²) in [5, 5.41) is 3.49. The maximum absolute atomic E-state index is 5.65. The van der Waals surface area contributed by atoms with Gasteiger partial charge in [0.1, 0.15) is 6.26 Å². The van der Waals surface area contributed by atoms with Gasteiger partial charge in [0.25, 0.3) is 5.89 Å². The lowest BCUT2D eigenvalue weighted by Crippen LogP contribution is -2.11. The van der Waals surface area contributed by atoms with E-state index in [2.05, 4.69) is 10.3 Å². The monoisotopic (exact) mass is 226 g/mol. The summed E-state index contributed by atoms with van der Waals surface area (Å²) >= 11 is 5.65. The normalized spacial score (nSPS) is 10.8. The lowest BCUT2D eigenvalue weighted by molar-refractivity contribution is 0.517. The Morgan fingerprint density at radius 3 is 3.00 bits per heavy atom. The molecular weight excluding hydrogens is 216 g/mol. The third-order valence-corrected chi connectivity index (χ3v) is 2.09. The fraction of sp³-hybridized carbons (Fsp3) is 0.300. The van der Waals surface area contributed by atoms with Gasteiger partial charge in [-0.05, 0) is 30.3 Å². The molecule has 2 aromatic heterocycles. The van der Waals surface area contributed by atoms with Crippen LogP contribution in [0.15, 0.2) is 27.2 Å². The molecule has 0 atom stereocenters. The van der Waals surface area contributed by atoms with Gasteiger partial charge < -0.3 is 14.2 Å². The van der Waals surface area contributed by atoms with Crippen molar-refractivity contribution in [1.29, 1.82) is 0 Å². The molecule has 80 valence electrons. The van der Waals surface area contributed by atoms with E-state index in [0.717, 1.165) is 12.2 Å². The van der Waals surface area contributed by atoms with Gasteiger partial charge in [-0.15, -0.1) is 0 Å². The smallest absolute Gasteiger partial charge is 0.263 e. The fourth-order valence-corrected chi connectivity index (χ4v) is 1.33. The lowest BCUT2D eigenvalue weighted by atomic mass is 10.4. The highest BCUT2D eigenvalue weighted by Gasteiger charge is 2.10. The van der Waals surface area contributed by atoms with Gasteiger partial charge in [0.2, 0.25) is 0 Å². The number of rotatable bonds is 4. The van der Waals surface area contributed by atoms with Crippen LogP contribution in [0.2, 0.25) is 5.22 Å². The Bertz CT molecular complexity index is 436. The van der Waals surface area contributed by atoms with E-state index in [1.807, 2.05) is 6.92 Å². The summed E-state index contributed by atoms with van der Waals surface area (Å²) in [6.45, 7) is 3.62. The SMILES string of the molecule is CCNCc1coc(-c2ccc(Cl)o2)n1. The van der Waals surface area contributed by atoms with Crippen molar-refractivity contribution in [3.8, 4) is 11.7 Å². The van der Waals surface area contributed by atoms with E-state index in [0.29, 0.717) is 23.4 Å². The zero-order valence-corrected chi connectivity index (χ0v) is 9.04. The summed E-state index contributed by atoms with van der Waals surface area (Å²) in [4.78, 5) is 4.25. The number of nitrogens with zero attached hydrogens (tertiary/aromatic N) is 1. The van der Waals surface area contributed by atoms with Gasteiger partial charge in [0.05, 0.1) is 5.69 Å². The molecule has 0 amide bonds. The minimum atomic E-state index is 0.330. The molecule has 1 N–H and O–H groups in total. The third kappa shape index (κ3) is 2.40. The van der Waals surface area contributed by atoms with Crippen LogP contribution in [0.5, 0.6) is 0 Å². The third-order valence-electron chi connectivity index (χ3n) is 1.89. The highest BCUT2D eigenvalue weighted by Crippen LogP contribution is 2.23. The van der Waals surface area contributed by atoms with Crippen LogP contribution in [0.3, 0.4) is 0 Å². The van der Waals surface area contributed by atoms with Crippen molar-refractivity contribution >= 4 is 11.6 Å². The van der Waals surface area contributed by atoms with Gasteiger partial charge in [-0.1, -0.05) is 6.92 Å². The van der Waals surface area contributed by atoms with E-state index in [9.17, 15) is 0 Å². The van der Waals surface area contributed by atoms with Crippen LogP contribution in [-0.2, 0) is 6.54 Å². The van der Waals surface area contributed by atoms with Gasteiger partial charge in [-0.3, -0.25) is 0 Å². The number of oxazole rings is 1. The van der Waals surface area contributed by atoms with Gasteiger partial charge in [-0.2, -0.15) is 0 Å². The van der Waals surface area contributed by atoms with E-state index in [1.54, 1.807) is 18.4 Å². The quantitative estimate of drug-likeness (QED) is 0.871. The van der Waals surface area contributed by atoms with Crippen molar-refractivity contribution in [2.45, 2.75) is 13.5 Å². The first kappa shape index (κ1) is 10.3. The predicted molar refractivity (Wildman–Crippen MR) is 56.6 cm³/mol. The Kier molecular flexibility index (Phi) is 3.08. The Morgan fingerprint density at radius 2 is 2.33 bits per heavy atom. The molecule has 0 aliphatic carbocycles. The molecule has 2 heterocycles. The van der Waals surface area contributed by atoms with Gasteiger partial charge >= 0.3 is 0 Å². The molecule has 4 nitrogen and oxygen atoms in total. The van der Waals surface area contributed by atoms with E-state index < -0.39 is 0 Å².